The van der Waals surface area contributed by atoms with Gasteiger partial charge in [-0.1, -0.05) is 0 Å². The molecule has 17 heavy (non-hydrogen) atoms. The van der Waals surface area contributed by atoms with Crippen molar-refractivity contribution in [1.29, 1.82) is 0 Å². The summed E-state index contributed by atoms with van der Waals surface area (Å²) in [6.45, 7) is 6.62. The lowest BCUT2D eigenvalue weighted by molar-refractivity contribution is -0.219. The average molecular weight is 239 g/mol. The Morgan fingerprint density at radius 3 is 2.88 bits per heavy atom. The van der Waals surface area contributed by atoms with E-state index in [1.54, 1.807) is 13.1 Å². The van der Waals surface area contributed by atoms with E-state index in [-0.39, 0.29) is 5.97 Å². The van der Waals surface area contributed by atoms with Crippen molar-refractivity contribution in [3.8, 4) is 0 Å². The molecule has 0 aliphatic carbocycles. The first-order valence-corrected chi connectivity index (χ1v) is 5.67. The second-order valence-electron chi connectivity index (χ2n) is 4.37. The molecule has 0 saturated heterocycles. The maximum absolute atomic E-state index is 11.7. The lowest BCUT2D eigenvalue weighted by atomic mass is 10.1. The number of aromatic amines is 1. The molecule has 0 aromatic carbocycles. The van der Waals surface area contributed by atoms with E-state index >= 15 is 0 Å². The molecule has 94 valence electrons. The number of esters is 1. The fourth-order valence-electron chi connectivity index (χ4n) is 1.71. The molecule has 0 amide bonds. The number of nitrogens with one attached hydrogen (secondary N) is 1. The molecule has 1 aliphatic heterocycles. The van der Waals surface area contributed by atoms with Crippen LogP contribution in [0.25, 0.3) is 0 Å². The number of ether oxygens (including phenoxy) is 3. The fourth-order valence-corrected chi connectivity index (χ4v) is 1.71. The number of H-pyrrole nitrogens is 1. The Labute approximate surface area is 100 Å². The summed E-state index contributed by atoms with van der Waals surface area (Å²) < 4.78 is 16.1. The van der Waals surface area contributed by atoms with Crippen LogP contribution in [0.5, 0.6) is 0 Å². The first kappa shape index (κ1) is 12.1. The summed E-state index contributed by atoms with van der Waals surface area (Å²) in [5, 5.41) is 0. The Bertz CT molecular complexity index is 422. The highest BCUT2D eigenvalue weighted by atomic mass is 16.7. The lowest BCUT2D eigenvalue weighted by Gasteiger charge is -2.22. The van der Waals surface area contributed by atoms with Crippen LogP contribution in [0.4, 0.5) is 0 Å². The van der Waals surface area contributed by atoms with E-state index < -0.39 is 5.79 Å². The van der Waals surface area contributed by atoms with Gasteiger partial charge in [0, 0.05) is 17.3 Å². The van der Waals surface area contributed by atoms with Gasteiger partial charge in [0.1, 0.15) is 5.69 Å². The second kappa shape index (κ2) is 4.50. The molecule has 0 spiro atoms. The third-order valence-electron chi connectivity index (χ3n) is 2.70. The monoisotopic (exact) mass is 239 g/mol. The van der Waals surface area contributed by atoms with E-state index in [9.17, 15) is 4.79 Å². The molecule has 0 saturated carbocycles. The van der Waals surface area contributed by atoms with Crippen molar-refractivity contribution in [2.24, 2.45) is 0 Å². The van der Waals surface area contributed by atoms with Crippen molar-refractivity contribution >= 4 is 5.97 Å². The largest absolute Gasteiger partial charge is 0.461 e. The molecular formula is C12H17NO4. The molecule has 1 N–H and O–H groups in total. The summed E-state index contributed by atoms with van der Waals surface area (Å²) in [5.41, 5.74) is 2.23. The summed E-state index contributed by atoms with van der Waals surface area (Å²) in [4.78, 5) is 14.6. The number of hydrogen-bond acceptors (Lipinski definition) is 4. The summed E-state index contributed by atoms with van der Waals surface area (Å²) in [6, 6.07) is 0. The van der Waals surface area contributed by atoms with E-state index in [4.69, 9.17) is 14.2 Å². The van der Waals surface area contributed by atoms with Gasteiger partial charge in [-0.3, -0.25) is 0 Å². The number of carbonyl (C=O) groups is 1. The Balaban J connectivity index is 2.24. The standard InChI is InChI=1S/C12H17NO4/c1-4-15-11(14)10-9-7-17-12(2,3)16-6-8(9)5-13-10/h5,13H,4,6-7H2,1-3H3. The third-order valence-corrected chi connectivity index (χ3v) is 2.70. The highest BCUT2D eigenvalue weighted by Gasteiger charge is 2.28. The van der Waals surface area contributed by atoms with Gasteiger partial charge < -0.3 is 19.2 Å². The zero-order chi connectivity index (χ0) is 12.5. The van der Waals surface area contributed by atoms with Gasteiger partial charge in [-0.15, -0.1) is 0 Å². The number of rotatable bonds is 2. The minimum absolute atomic E-state index is 0.347. The number of fused-ring (bicyclic) bond motifs is 1. The maximum Gasteiger partial charge on any atom is 0.355 e. The Morgan fingerprint density at radius 1 is 1.47 bits per heavy atom. The molecule has 5 nitrogen and oxygen atoms in total. The van der Waals surface area contributed by atoms with Crippen molar-refractivity contribution in [3.05, 3.63) is 23.0 Å². The van der Waals surface area contributed by atoms with Crippen molar-refractivity contribution in [3.63, 3.8) is 0 Å². The van der Waals surface area contributed by atoms with Crippen LogP contribution < -0.4 is 0 Å². The van der Waals surface area contributed by atoms with E-state index in [0.29, 0.717) is 25.5 Å². The van der Waals surface area contributed by atoms with E-state index in [1.807, 2.05) is 13.8 Å². The second-order valence-corrected chi connectivity index (χ2v) is 4.37. The smallest absolute Gasteiger partial charge is 0.355 e. The summed E-state index contributed by atoms with van der Waals surface area (Å²) in [7, 11) is 0. The topological polar surface area (TPSA) is 60.6 Å². The van der Waals surface area contributed by atoms with Gasteiger partial charge in [0.25, 0.3) is 0 Å². The quantitative estimate of drug-likeness (QED) is 0.801. The van der Waals surface area contributed by atoms with Crippen LogP contribution >= 0.6 is 0 Å². The fraction of sp³-hybridized carbons (Fsp3) is 0.583. The van der Waals surface area contributed by atoms with Gasteiger partial charge in [0.2, 0.25) is 0 Å². The Hall–Kier alpha value is -1.33. The summed E-state index contributed by atoms with van der Waals surface area (Å²) in [5.74, 6) is -0.977. The molecular weight excluding hydrogens is 222 g/mol. The van der Waals surface area contributed by atoms with Crippen molar-refractivity contribution in [2.75, 3.05) is 6.61 Å². The van der Waals surface area contributed by atoms with Gasteiger partial charge in [0.05, 0.1) is 19.8 Å². The maximum atomic E-state index is 11.7. The van der Waals surface area contributed by atoms with Crippen LogP contribution in [0.3, 0.4) is 0 Å². The molecule has 0 fully saturated rings. The molecule has 1 aromatic heterocycles. The Morgan fingerprint density at radius 2 is 2.18 bits per heavy atom. The van der Waals surface area contributed by atoms with E-state index in [1.165, 1.54) is 0 Å². The third kappa shape index (κ3) is 2.50. The van der Waals surface area contributed by atoms with Crippen molar-refractivity contribution in [1.82, 2.24) is 4.98 Å². The van der Waals surface area contributed by atoms with Gasteiger partial charge in [-0.25, -0.2) is 4.79 Å². The van der Waals surface area contributed by atoms with E-state index in [2.05, 4.69) is 4.98 Å². The zero-order valence-corrected chi connectivity index (χ0v) is 10.3. The van der Waals surface area contributed by atoms with Crippen LogP contribution in [0.15, 0.2) is 6.20 Å². The van der Waals surface area contributed by atoms with Gasteiger partial charge in [-0.05, 0) is 20.8 Å². The number of carbonyl (C=O) groups excluding carboxylic acids is 1. The lowest BCUT2D eigenvalue weighted by Crippen LogP contribution is -2.26. The number of hydrogen-bond donors (Lipinski definition) is 1. The summed E-state index contributed by atoms with van der Waals surface area (Å²) in [6.07, 6.45) is 1.77. The van der Waals surface area contributed by atoms with Gasteiger partial charge >= 0.3 is 5.97 Å². The normalized spacial score (nSPS) is 18.3. The molecule has 2 heterocycles. The van der Waals surface area contributed by atoms with E-state index in [0.717, 1.165) is 11.1 Å². The molecule has 0 radical (unpaired) electrons. The van der Waals surface area contributed by atoms with Crippen LogP contribution in [0, 0.1) is 0 Å². The summed E-state index contributed by atoms with van der Waals surface area (Å²) >= 11 is 0. The number of aromatic nitrogens is 1. The highest BCUT2D eigenvalue weighted by molar-refractivity contribution is 5.89. The minimum Gasteiger partial charge on any atom is -0.461 e. The van der Waals surface area contributed by atoms with Crippen LogP contribution in [-0.4, -0.2) is 23.3 Å². The van der Waals surface area contributed by atoms with Gasteiger partial charge in [0.15, 0.2) is 5.79 Å². The SMILES string of the molecule is CCOC(=O)c1[nH]cc2c1COC(C)(C)OC2. The molecule has 2 rings (SSSR count). The van der Waals surface area contributed by atoms with Gasteiger partial charge in [-0.2, -0.15) is 0 Å². The van der Waals surface area contributed by atoms with Crippen LogP contribution in [0.1, 0.15) is 42.4 Å². The zero-order valence-electron chi connectivity index (χ0n) is 10.3. The predicted octanol–water partition coefficient (Wildman–Crippen LogP) is 1.97. The molecule has 5 heteroatoms. The van der Waals surface area contributed by atoms with Crippen molar-refractivity contribution in [2.45, 2.75) is 39.8 Å². The molecule has 0 bridgehead atoms. The molecule has 0 atom stereocenters. The first-order valence-electron chi connectivity index (χ1n) is 5.67. The van der Waals surface area contributed by atoms with Crippen molar-refractivity contribution < 1.29 is 19.0 Å². The predicted molar refractivity (Wildman–Crippen MR) is 60.4 cm³/mol. The highest BCUT2D eigenvalue weighted by Crippen LogP contribution is 2.26. The average Bonchev–Trinajstić information content (AvgIpc) is 2.61. The first-order chi connectivity index (χ1) is 8.03. The van der Waals surface area contributed by atoms with Crippen LogP contribution in [-0.2, 0) is 27.4 Å². The molecule has 0 unspecified atom stereocenters. The molecule has 1 aliphatic rings. The minimum atomic E-state index is -0.627. The Kier molecular flexibility index (Phi) is 3.22. The molecule has 1 aromatic rings. The van der Waals surface area contributed by atoms with Crippen LogP contribution in [0.2, 0.25) is 0 Å².